The number of benzene rings is 1. The molecule has 2 aromatic heterocycles. The van der Waals surface area contributed by atoms with Crippen molar-refractivity contribution in [2.24, 2.45) is 5.10 Å². The van der Waals surface area contributed by atoms with Crippen molar-refractivity contribution in [2.75, 3.05) is 7.11 Å². The molecule has 28 heavy (non-hydrogen) atoms. The highest BCUT2D eigenvalue weighted by molar-refractivity contribution is 8.93. The summed E-state index contributed by atoms with van der Waals surface area (Å²) in [6.07, 6.45) is 6.24. The molecule has 1 amide bonds. The van der Waals surface area contributed by atoms with Gasteiger partial charge in [-0.1, -0.05) is 0 Å². The number of rotatable bonds is 7. The lowest BCUT2D eigenvalue weighted by Crippen LogP contribution is -2.38. The van der Waals surface area contributed by atoms with Crippen molar-refractivity contribution >= 4 is 34.9 Å². The summed E-state index contributed by atoms with van der Waals surface area (Å²) in [6.45, 7) is 0.114. The summed E-state index contributed by atoms with van der Waals surface area (Å²) < 4.78 is 11.8. The highest BCUT2D eigenvalue weighted by atomic mass is 79.9. The van der Waals surface area contributed by atoms with Gasteiger partial charge in [0.2, 0.25) is 12.3 Å². The Kier molecular flexibility index (Phi) is 7.65. The minimum Gasteiger partial charge on any atom is -0.497 e. The van der Waals surface area contributed by atoms with Gasteiger partial charge in [-0.3, -0.25) is 9.59 Å². The van der Waals surface area contributed by atoms with Crippen molar-refractivity contribution in [3.05, 3.63) is 84.1 Å². The second kappa shape index (κ2) is 10.2. The van der Waals surface area contributed by atoms with Gasteiger partial charge >= 0.3 is 0 Å². The van der Waals surface area contributed by atoms with Crippen LogP contribution in [0.4, 0.5) is 0 Å². The van der Waals surface area contributed by atoms with Gasteiger partial charge in [-0.05, 0) is 42.5 Å². The number of carbonyl (C=O) groups excluding carboxylic acids is 2. The average molecular weight is 445 g/mol. The summed E-state index contributed by atoms with van der Waals surface area (Å²) in [5, 5.41) is 3.84. The normalized spacial score (nSPS) is 10.3. The summed E-state index contributed by atoms with van der Waals surface area (Å²) in [6, 6.07) is 13.7. The monoisotopic (exact) mass is 444 g/mol. The van der Waals surface area contributed by atoms with Gasteiger partial charge in [0, 0.05) is 11.6 Å². The van der Waals surface area contributed by atoms with E-state index in [1.54, 1.807) is 72.6 Å². The minimum atomic E-state index is -0.385. The van der Waals surface area contributed by atoms with Gasteiger partial charge in [0.05, 0.1) is 19.6 Å². The molecule has 0 unspecified atom stereocenters. The fraction of sp³-hybridized carbons (Fsp3) is 0.100. The SMILES string of the molecule is Br.COc1ccc(C(=O)C[n+]2cccc(C(=O)N/N=C/c3ccco3)c2)cc1. The summed E-state index contributed by atoms with van der Waals surface area (Å²) in [4.78, 5) is 24.6. The zero-order valence-electron chi connectivity index (χ0n) is 15.1. The largest absolute Gasteiger partial charge is 0.497 e. The van der Waals surface area contributed by atoms with Crippen molar-refractivity contribution in [2.45, 2.75) is 6.54 Å². The molecular weight excluding hydrogens is 426 g/mol. The first kappa shape index (κ1) is 21.0. The minimum absolute atomic E-state index is 0. The van der Waals surface area contributed by atoms with E-state index in [1.807, 2.05) is 0 Å². The number of hydrogen-bond acceptors (Lipinski definition) is 5. The molecule has 0 saturated carbocycles. The van der Waals surface area contributed by atoms with Crippen LogP contribution in [-0.2, 0) is 6.54 Å². The molecule has 1 N–H and O–H groups in total. The summed E-state index contributed by atoms with van der Waals surface area (Å²) in [7, 11) is 1.57. The Morgan fingerprint density at radius 1 is 1.14 bits per heavy atom. The van der Waals surface area contributed by atoms with E-state index >= 15 is 0 Å². The Labute approximate surface area is 172 Å². The van der Waals surface area contributed by atoms with Crippen LogP contribution in [0.15, 0.2) is 76.7 Å². The molecule has 3 aromatic rings. The Bertz CT molecular complexity index is 954. The number of ether oxygens (including phenoxy) is 1. The van der Waals surface area contributed by atoms with Crippen LogP contribution >= 0.6 is 17.0 Å². The molecule has 144 valence electrons. The summed E-state index contributed by atoms with van der Waals surface area (Å²) >= 11 is 0. The van der Waals surface area contributed by atoms with Gasteiger partial charge in [-0.15, -0.1) is 17.0 Å². The zero-order valence-corrected chi connectivity index (χ0v) is 16.8. The number of amides is 1. The Hall–Kier alpha value is -3.26. The second-order valence-corrected chi connectivity index (χ2v) is 5.63. The van der Waals surface area contributed by atoms with Crippen LogP contribution in [0.1, 0.15) is 26.5 Å². The van der Waals surface area contributed by atoms with Gasteiger partial charge in [-0.25, -0.2) is 5.43 Å². The van der Waals surface area contributed by atoms with E-state index in [-0.39, 0.29) is 35.2 Å². The molecule has 7 nitrogen and oxygen atoms in total. The number of Topliss-reactive ketones (excluding diaryl/α,β-unsaturated/α-hetero) is 1. The van der Waals surface area contributed by atoms with E-state index in [4.69, 9.17) is 9.15 Å². The van der Waals surface area contributed by atoms with E-state index < -0.39 is 0 Å². The Balaban J connectivity index is 0.00000280. The molecule has 1 aromatic carbocycles. The van der Waals surface area contributed by atoms with Crippen LogP contribution in [0.25, 0.3) is 0 Å². The molecule has 3 rings (SSSR count). The molecule has 2 heterocycles. The third kappa shape index (κ3) is 5.62. The zero-order chi connectivity index (χ0) is 19.1. The summed E-state index contributed by atoms with van der Waals surface area (Å²) in [5.41, 5.74) is 3.38. The molecule has 0 fully saturated rings. The molecule has 0 bridgehead atoms. The number of pyridine rings is 1. The quantitative estimate of drug-likeness (QED) is 0.262. The highest BCUT2D eigenvalue weighted by Crippen LogP contribution is 2.11. The van der Waals surface area contributed by atoms with Crippen molar-refractivity contribution in [1.29, 1.82) is 0 Å². The standard InChI is InChI=1S/C20H17N3O4.BrH/c1-26-17-8-6-15(7-9-17)19(24)14-23-10-2-4-16(13-23)20(25)22-21-12-18-5-3-11-27-18;/h2-13H,14H2,1H3;1H/p+1/b21-12+;. The highest BCUT2D eigenvalue weighted by Gasteiger charge is 2.15. The van der Waals surface area contributed by atoms with Crippen LogP contribution in [-0.4, -0.2) is 25.0 Å². The second-order valence-electron chi connectivity index (χ2n) is 5.63. The first-order valence-electron chi connectivity index (χ1n) is 8.19. The van der Waals surface area contributed by atoms with Crippen LogP contribution in [0.2, 0.25) is 0 Å². The molecule has 8 heteroatoms. The third-order valence-electron chi connectivity index (χ3n) is 3.76. The van der Waals surface area contributed by atoms with Gasteiger partial charge in [0.1, 0.15) is 17.1 Å². The van der Waals surface area contributed by atoms with Crippen molar-refractivity contribution in [3.63, 3.8) is 0 Å². The van der Waals surface area contributed by atoms with E-state index in [2.05, 4.69) is 10.5 Å². The first-order valence-corrected chi connectivity index (χ1v) is 8.19. The smallest absolute Gasteiger partial charge is 0.277 e. The van der Waals surface area contributed by atoms with Crippen LogP contribution < -0.4 is 14.7 Å². The topological polar surface area (TPSA) is 84.8 Å². The average Bonchev–Trinajstić information content (AvgIpc) is 3.21. The number of ketones is 1. The van der Waals surface area contributed by atoms with E-state index in [0.717, 1.165) is 0 Å². The van der Waals surface area contributed by atoms with Crippen LogP contribution in [0.5, 0.6) is 5.75 Å². The first-order chi connectivity index (χ1) is 13.2. The summed E-state index contributed by atoms with van der Waals surface area (Å²) in [5.74, 6) is 0.761. The Morgan fingerprint density at radius 2 is 1.93 bits per heavy atom. The molecule has 0 radical (unpaired) electrons. The third-order valence-corrected chi connectivity index (χ3v) is 3.76. The number of furan rings is 1. The number of nitrogens with zero attached hydrogens (tertiary/aromatic N) is 2. The molecule has 0 aliphatic rings. The van der Waals surface area contributed by atoms with Gasteiger partial charge < -0.3 is 9.15 Å². The molecule has 0 saturated heterocycles. The Morgan fingerprint density at radius 3 is 2.61 bits per heavy atom. The van der Waals surface area contributed by atoms with E-state index in [0.29, 0.717) is 22.6 Å². The van der Waals surface area contributed by atoms with Crippen LogP contribution in [0, 0.1) is 0 Å². The number of hydrazone groups is 1. The predicted octanol–water partition coefficient (Wildman–Crippen LogP) is 2.80. The molecular formula is C20H19BrN3O4+. The lowest BCUT2D eigenvalue weighted by atomic mass is 10.1. The predicted molar refractivity (Wildman–Crippen MR) is 108 cm³/mol. The maximum atomic E-state index is 12.4. The number of carbonyl (C=O) groups is 2. The molecule has 0 aliphatic heterocycles. The lowest BCUT2D eigenvalue weighted by molar-refractivity contribution is -0.683. The fourth-order valence-corrected chi connectivity index (χ4v) is 2.37. The molecule has 0 spiro atoms. The number of methoxy groups -OCH3 is 1. The van der Waals surface area contributed by atoms with Crippen LogP contribution in [0.3, 0.4) is 0 Å². The number of hydrogen-bond donors (Lipinski definition) is 1. The van der Waals surface area contributed by atoms with Crippen molar-refractivity contribution in [1.82, 2.24) is 5.43 Å². The van der Waals surface area contributed by atoms with E-state index in [1.165, 1.54) is 12.5 Å². The van der Waals surface area contributed by atoms with Crippen molar-refractivity contribution in [3.8, 4) is 5.75 Å². The maximum absolute atomic E-state index is 12.4. The number of nitrogens with one attached hydrogen (secondary N) is 1. The van der Waals surface area contributed by atoms with Gasteiger partial charge in [-0.2, -0.15) is 9.67 Å². The van der Waals surface area contributed by atoms with Gasteiger partial charge in [0.25, 0.3) is 5.91 Å². The molecule has 0 atom stereocenters. The lowest BCUT2D eigenvalue weighted by Gasteiger charge is -2.02. The fourth-order valence-electron chi connectivity index (χ4n) is 2.37. The maximum Gasteiger partial charge on any atom is 0.277 e. The number of aromatic nitrogens is 1. The van der Waals surface area contributed by atoms with Crippen molar-refractivity contribution < 1.29 is 23.3 Å². The number of halogens is 1. The van der Waals surface area contributed by atoms with Gasteiger partial charge in [0.15, 0.2) is 12.4 Å². The molecule has 0 aliphatic carbocycles. The van der Waals surface area contributed by atoms with E-state index in [9.17, 15) is 9.59 Å².